The van der Waals surface area contributed by atoms with Gasteiger partial charge in [0.1, 0.15) is 0 Å². The molecule has 0 radical (unpaired) electrons. The van der Waals surface area contributed by atoms with Gasteiger partial charge in [0, 0.05) is 25.7 Å². The summed E-state index contributed by atoms with van der Waals surface area (Å²) < 4.78 is 0. The second-order valence-electron chi connectivity index (χ2n) is 4.26. The molecule has 1 amide bonds. The van der Waals surface area contributed by atoms with E-state index < -0.39 is 0 Å². The zero-order chi connectivity index (χ0) is 15.4. The van der Waals surface area contributed by atoms with Crippen molar-refractivity contribution in [2.24, 2.45) is 0 Å². The predicted octanol–water partition coefficient (Wildman–Crippen LogP) is 4.10. The van der Waals surface area contributed by atoms with E-state index in [1.54, 1.807) is 6.92 Å². The first-order chi connectivity index (χ1) is 9.59. The first-order valence-electron chi connectivity index (χ1n) is 7.17. The van der Waals surface area contributed by atoms with E-state index in [-0.39, 0.29) is 5.91 Å². The van der Waals surface area contributed by atoms with Gasteiger partial charge in [-0.05, 0) is 31.9 Å². The minimum atomic E-state index is 0.225. The number of rotatable bonds is 1. The third-order valence-electron chi connectivity index (χ3n) is 2.65. The van der Waals surface area contributed by atoms with E-state index in [0.717, 1.165) is 23.8 Å². The van der Waals surface area contributed by atoms with Crippen molar-refractivity contribution in [3.05, 3.63) is 30.3 Å². The fraction of sp³-hybridized carbons (Fsp3) is 0.500. The number of anilines is 1. The topological polar surface area (TPSA) is 32.3 Å². The SMILES string of the molecule is CC.CC(=O)N1CCCC1.CC(=S)Nc1ccccc1. The first kappa shape index (κ1) is 18.6. The minimum Gasteiger partial charge on any atom is -0.350 e. The summed E-state index contributed by atoms with van der Waals surface area (Å²) >= 11 is 4.87. The summed E-state index contributed by atoms with van der Waals surface area (Å²) in [6.07, 6.45) is 2.39. The Morgan fingerprint density at radius 3 is 1.95 bits per heavy atom. The Morgan fingerprint density at radius 1 is 1.10 bits per heavy atom. The van der Waals surface area contributed by atoms with Crippen molar-refractivity contribution in [2.45, 2.75) is 40.5 Å². The van der Waals surface area contributed by atoms with Crippen LogP contribution in [0.2, 0.25) is 0 Å². The molecule has 4 heteroatoms. The van der Waals surface area contributed by atoms with Crippen LogP contribution in [0.5, 0.6) is 0 Å². The molecule has 1 aliphatic heterocycles. The number of hydrogen-bond donors (Lipinski definition) is 1. The van der Waals surface area contributed by atoms with E-state index in [2.05, 4.69) is 5.32 Å². The summed E-state index contributed by atoms with van der Waals surface area (Å²) in [6, 6.07) is 9.89. The second kappa shape index (κ2) is 11.4. The highest BCUT2D eigenvalue weighted by molar-refractivity contribution is 7.80. The molecule has 0 unspecified atom stereocenters. The molecule has 0 bridgehead atoms. The van der Waals surface area contributed by atoms with Crippen LogP contribution >= 0.6 is 12.2 Å². The molecule has 1 N–H and O–H groups in total. The Balaban J connectivity index is 0.000000327. The number of benzene rings is 1. The van der Waals surface area contributed by atoms with E-state index in [1.807, 2.05) is 56.0 Å². The van der Waals surface area contributed by atoms with Crippen molar-refractivity contribution < 1.29 is 4.79 Å². The molecule has 2 rings (SSSR count). The first-order valence-corrected chi connectivity index (χ1v) is 7.58. The van der Waals surface area contributed by atoms with Gasteiger partial charge in [0.2, 0.25) is 5.91 Å². The maximum atomic E-state index is 10.6. The molecule has 0 spiro atoms. The van der Waals surface area contributed by atoms with E-state index in [9.17, 15) is 4.79 Å². The van der Waals surface area contributed by atoms with Crippen molar-refractivity contribution in [3.8, 4) is 0 Å². The van der Waals surface area contributed by atoms with Gasteiger partial charge in [0.15, 0.2) is 0 Å². The van der Waals surface area contributed by atoms with Crippen molar-refractivity contribution in [2.75, 3.05) is 18.4 Å². The molecule has 0 aliphatic carbocycles. The predicted molar refractivity (Wildman–Crippen MR) is 91.2 cm³/mol. The van der Waals surface area contributed by atoms with Gasteiger partial charge in [-0.3, -0.25) is 4.79 Å². The summed E-state index contributed by atoms with van der Waals surface area (Å²) in [6.45, 7) is 9.46. The van der Waals surface area contributed by atoms with E-state index >= 15 is 0 Å². The van der Waals surface area contributed by atoms with Crippen LogP contribution in [0.3, 0.4) is 0 Å². The van der Waals surface area contributed by atoms with Gasteiger partial charge in [0.25, 0.3) is 0 Å². The fourth-order valence-electron chi connectivity index (χ4n) is 1.76. The Bertz CT molecular complexity index is 387. The molecule has 112 valence electrons. The molecule has 1 heterocycles. The van der Waals surface area contributed by atoms with E-state index in [0.29, 0.717) is 0 Å². The Hall–Kier alpha value is -1.42. The smallest absolute Gasteiger partial charge is 0.219 e. The highest BCUT2D eigenvalue weighted by Crippen LogP contribution is 2.06. The highest BCUT2D eigenvalue weighted by atomic mass is 32.1. The van der Waals surface area contributed by atoms with Crippen LogP contribution in [0, 0.1) is 0 Å². The normalized spacial score (nSPS) is 12.5. The number of amides is 1. The fourth-order valence-corrected chi connectivity index (χ4v) is 1.87. The number of carbonyl (C=O) groups is 1. The molecule has 1 aliphatic rings. The lowest BCUT2D eigenvalue weighted by molar-refractivity contribution is -0.127. The molecule has 0 saturated carbocycles. The molecule has 1 aromatic carbocycles. The van der Waals surface area contributed by atoms with Crippen LogP contribution in [0.1, 0.15) is 40.5 Å². The molecule has 1 aromatic rings. The quantitative estimate of drug-likeness (QED) is 0.791. The second-order valence-corrected chi connectivity index (χ2v) is 4.87. The lowest BCUT2D eigenvalue weighted by atomic mass is 10.3. The van der Waals surface area contributed by atoms with E-state index in [4.69, 9.17) is 12.2 Å². The highest BCUT2D eigenvalue weighted by Gasteiger charge is 2.12. The van der Waals surface area contributed by atoms with Crippen LogP contribution < -0.4 is 5.32 Å². The summed E-state index contributed by atoms with van der Waals surface area (Å²) in [5.41, 5.74) is 1.05. The number of hydrogen-bond acceptors (Lipinski definition) is 2. The van der Waals surface area contributed by atoms with Gasteiger partial charge in [-0.15, -0.1) is 0 Å². The van der Waals surface area contributed by atoms with Crippen molar-refractivity contribution >= 4 is 28.8 Å². The Labute approximate surface area is 128 Å². The third kappa shape index (κ3) is 8.64. The summed E-state index contributed by atoms with van der Waals surface area (Å²) in [7, 11) is 0. The molecular formula is C16H26N2OS. The number of carbonyl (C=O) groups excluding carboxylic acids is 1. The molecule has 20 heavy (non-hydrogen) atoms. The summed E-state index contributed by atoms with van der Waals surface area (Å²) in [5, 5.41) is 3.04. The molecule has 3 nitrogen and oxygen atoms in total. The molecule has 1 fully saturated rings. The van der Waals surface area contributed by atoms with Crippen molar-refractivity contribution in [1.29, 1.82) is 0 Å². The van der Waals surface area contributed by atoms with Crippen LogP contribution in [-0.4, -0.2) is 28.9 Å². The van der Waals surface area contributed by atoms with Crippen molar-refractivity contribution in [3.63, 3.8) is 0 Å². The molecule has 0 aromatic heterocycles. The minimum absolute atomic E-state index is 0.225. The number of thiocarbonyl (C=S) groups is 1. The number of nitrogens with one attached hydrogen (secondary N) is 1. The van der Waals surface area contributed by atoms with Crippen molar-refractivity contribution in [1.82, 2.24) is 4.90 Å². The van der Waals surface area contributed by atoms with Crippen LogP contribution in [-0.2, 0) is 4.79 Å². The third-order valence-corrected chi connectivity index (χ3v) is 2.75. The van der Waals surface area contributed by atoms with Crippen LogP contribution in [0.4, 0.5) is 5.69 Å². The molecule has 1 saturated heterocycles. The van der Waals surface area contributed by atoms with Gasteiger partial charge in [-0.1, -0.05) is 44.3 Å². The van der Waals surface area contributed by atoms with Gasteiger partial charge in [0.05, 0.1) is 4.99 Å². The van der Waals surface area contributed by atoms with Crippen LogP contribution in [0.15, 0.2) is 30.3 Å². The van der Waals surface area contributed by atoms with E-state index in [1.165, 1.54) is 12.8 Å². The zero-order valence-corrected chi connectivity index (χ0v) is 13.8. The zero-order valence-electron chi connectivity index (χ0n) is 13.0. The standard InChI is InChI=1S/C8H9NS.C6H11NO.C2H6/c1-7(10)9-8-5-3-2-4-6-8;1-6(8)7-4-2-3-5-7;1-2/h2-6H,1H3,(H,9,10);2-5H2,1H3;1-2H3. The summed E-state index contributed by atoms with van der Waals surface area (Å²) in [5.74, 6) is 0.225. The number of nitrogens with zero attached hydrogens (tertiary/aromatic N) is 1. The molecule has 0 atom stereocenters. The van der Waals surface area contributed by atoms with Crippen LogP contribution in [0.25, 0.3) is 0 Å². The maximum Gasteiger partial charge on any atom is 0.219 e. The Morgan fingerprint density at radius 2 is 1.60 bits per heavy atom. The average molecular weight is 294 g/mol. The Kier molecular flexibility index (Phi) is 10.6. The maximum absolute atomic E-state index is 10.6. The lowest BCUT2D eigenvalue weighted by Crippen LogP contribution is -2.24. The average Bonchev–Trinajstić information content (AvgIpc) is 2.96. The largest absolute Gasteiger partial charge is 0.350 e. The monoisotopic (exact) mass is 294 g/mol. The van der Waals surface area contributed by atoms with Gasteiger partial charge < -0.3 is 10.2 Å². The summed E-state index contributed by atoms with van der Waals surface area (Å²) in [4.78, 5) is 13.3. The van der Waals surface area contributed by atoms with Gasteiger partial charge >= 0.3 is 0 Å². The molecular weight excluding hydrogens is 268 g/mol. The number of para-hydroxylation sites is 1. The lowest BCUT2D eigenvalue weighted by Gasteiger charge is -2.10. The van der Waals surface area contributed by atoms with Gasteiger partial charge in [-0.25, -0.2) is 0 Å². The number of likely N-dealkylation sites (tertiary alicyclic amines) is 1. The van der Waals surface area contributed by atoms with Gasteiger partial charge in [-0.2, -0.15) is 0 Å².